The third-order valence-electron chi connectivity index (χ3n) is 5.28. The smallest absolute Gasteiger partial charge is 0.273 e. The van der Waals surface area contributed by atoms with Gasteiger partial charge < -0.3 is 14.8 Å². The van der Waals surface area contributed by atoms with E-state index < -0.39 is 42.9 Å². The van der Waals surface area contributed by atoms with Gasteiger partial charge in [0.15, 0.2) is 0 Å². The average molecular weight is 531 g/mol. The van der Waals surface area contributed by atoms with E-state index in [1.807, 2.05) is 0 Å². The Balaban J connectivity index is 2.04. The van der Waals surface area contributed by atoms with Crippen LogP contribution in [-0.2, 0) is 14.8 Å². The number of anilines is 2. The summed E-state index contributed by atoms with van der Waals surface area (Å²) in [4.78, 5) is 33.8. The summed E-state index contributed by atoms with van der Waals surface area (Å²) in [5, 5.41) is 25.0. The molecular formula is C23H22N4O9S. The van der Waals surface area contributed by atoms with Gasteiger partial charge in [0, 0.05) is 23.8 Å². The number of hydrogen-bond acceptors (Lipinski definition) is 9. The zero-order valence-electron chi connectivity index (χ0n) is 19.9. The highest BCUT2D eigenvalue weighted by Gasteiger charge is 2.30. The van der Waals surface area contributed by atoms with Gasteiger partial charge in [-0.15, -0.1) is 0 Å². The number of nitrogens with one attached hydrogen (secondary N) is 1. The summed E-state index contributed by atoms with van der Waals surface area (Å²) >= 11 is 0. The molecule has 0 radical (unpaired) electrons. The Hall–Kier alpha value is -4.72. The summed E-state index contributed by atoms with van der Waals surface area (Å²) in [5.41, 5.74) is -0.426. The van der Waals surface area contributed by atoms with Crippen LogP contribution in [0.15, 0.2) is 65.6 Å². The third-order valence-corrected chi connectivity index (χ3v) is 7.05. The average Bonchev–Trinajstić information content (AvgIpc) is 2.87. The molecule has 0 heterocycles. The minimum Gasteiger partial charge on any atom is -0.497 e. The van der Waals surface area contributed by atoms with Crippen LogP contribution in [0.25, 0.3) is 0 Å². The number of hydrogen-bond donors (Lipinski definition) is 1. The fourth-order valence-electron chi connectivity index (χ4n) is 3.36. The van der Waals surface area contributed by atoms with Crippen LogP contribution in [-0.4, -0.2) is 44.9 Å². The van der Waals surface area contributed by atoms with Crippen molar-refractivity contribution in [3.63, 3.8) is 0 Å². The lowest BCUT2D eigenvalue weighted by molar-refractivity contribution is -0.385. The van der Waals surface area contributed by atoms with Gasteiger partial charge in [-0.05, 0) is 43.3 Å². The first-order valence-electron chi connectivity index (χ1n) is 10.5. The maximum Gasteiger partial charge on any atom is 0.273 e. The predicted octanol–water partition coefficient (Wildman–Crippen LogP) is 3.66. The molecule has 14 heteroatoms. The van der Waals surface area contributed by atoms with Crippen molar-refractivity contribution in [2.45, 2.75) is 11.8 Å². The number of sulfonamides is 1. The first kappa shape index (κ1) is 26.9. The van der Waals surface area contributed by atoms with Crippen LogP contribution in [0.3, 0.4) is 0 Å². The monoisotopic (exact) mass is 530 g/mol. The number of benzene rings is 3. The van der Waals surface area contributed by atoms with E-state index in [4.69, 9.17) is 9.47 Å². The molecule has 194 valence electrons. The van der Waals surface area contributed by atoms with Crippen molar-refractivity contribution in [3.05, 3.63) is 86.5 Å². The van der Waals surface area contributed by atoms with Gasteiger partial charge >= 0.3 is 0 Å². The highest BCUT2D eigenvalue weighted by molar-refractivity contribution is 7.92. The molecule has 37 heavy (non-hydrogen) atoms. The van der Waals surface area contributed by atoms with E-state index in [0.717, 1.165) is 16.4 Å². The Labute approximate surface area is 211 Å². The number of nitrogens with zero attached hydrogens (tertiary/aromatic N) is 3. The SMILES string of the molecule is COc1ccc(N(CC(=O)Nc2cc([N+](=O)[O-])ccc2OC)S(=O)(=O)c2ccc(C)c([N+](=O)[O-])c2)cc1. The normalized spacial score (nSPS) is 10.9. The quantitative estimate of drug-likeness (QED) is 0.303. The van der Waals surface area contributed by atoms with E-state index in [1.165, 1.54) is 69.7 Å². The van der Waals surface area contributed by atoms with Crippen molar-refractivity contribution in [3.8, 4) is 11.5 Å². The summed E-state index contributed by atoms with van der Waals surface area (Å²) in [5.74, 6) is -0.301. The summed E-state index contributed by atoms with van der Waals surface area (Å²) in [6, 6.07) is 12.7. The molecule has 0 aliphatic heterocycles. The Kier molecular flexibility index (Phi) is 7.92. The number of nitro groups is 2. The van der Waals surface area contributed by atoms with Gasteiger partial charge in [-0.1, -0.05) is 6.07 Å². The van der Waals surface area contributed by atoms with Gasteiger partial charge in [0.2, 0.25) is 5.91 Å². The second kappa shape index (κ2) is 10.9. The molecule has 0 aromatic heterocycles. The van der Waals surface area contributed by atoms with Crippen molar-refractivity contribution in [1.82, 2.24) is 0 Å². The standard InChI is InChI=1S/C23H22N4O9S/c1-15-4-10-19(13-21(15)27(31)32)37(33,34)25(16-5-8-18(35-2)9-6-16)14-23(28)24-20-12-17(26(29)30)7-11-22(20)36-3/h4-13H,14H2,1-3H3,(H,24,28). The summed E-state index contributed by atoms with van der Waals surface area (Å²) in [7, 11) is -1.76. The van der Waals surface area contributed by atoms with Crippen molar-refractivity contribution in [2.24, 2.45) is 0 Å². The number of ether oxygens (including phenoxy) is 2. The van der Waals surface area contributed by atoms with Crippen LogP contribution < -0.4 is 19.1 Å². The van der Waals surface area contributed by atoms with Crippen LogP contribution in [0.1, 0.15) is 5.56 Å². The molecule has 0 atom stereocenters. The van der Waals surface area contributed by atoms with E-state index in [9.17, 15) is 33.4 Å². The molecule has 3 aromatic rings. The fourth-order valence-corrected chi connectivity index (χ4v) is 4.81. The second-order valence-corrected chi connectivity index (χ2v) is 9.47. The molecule has 0 saturated carbocycles. The van der Waals surface area contributed by atoms with Crippen LogP contribution in [0, 0.1) is 27.2 Å². The van der Waals surface area contributed by atoms with Gasteiger partial charge in [0.25, 0.3) is 21.4 Å². The number of aryl methyl sites for hydroxylation is 1. The minimum atomic E-state index is -4.48. The maximum absolute atomic E-state index is 13.6. The number of amides is 1. The Morgan fingerprint density at radius 1 is 0.946 bits per heavy atom. The molecule has 0 saturated heterocycles. The van der Waals surface area contributed by atoms with Gasteiger partial charge in [-0.2, -0.15) is 0 Å². The largest absolute Gasteiger partial charge is 0.497 e. The Morgan fingerprint density at radius 3 is 2.19 bits per heavy atom. The number of non-ortho nitro benzene ring substituents is 1. The second-order valence-electron chi connectivity index (χ2n) is 7.60. The number of methoxy groups -OCH3 is 2. The van der Waals surface area contributed by atoms with E-state index in [1.54, 1.807) is 0 Å². The van der Waals surface area contributed by atoms with Crippen molar-refractivity contribution < 1.29 is 32.5 Å². The van der Waals surface area contributed by atoms with Gasteiger partial charge in [-0.3, -0.25) is 29.3 Å². The lowest BCUT2D eigenvalue weighted by Gasteiger charge is -2.24. The van der Waals surface area contributed by atoms with E-state index in [2.05, 4.69) is 5.32 Å². The molecule has 0 fully saturated rings. The molecule has 0 aliphatic carbocycles. The molecule has 1 amide bonds. The minimum absolute atomic E-state index is 0.0419. The summed E-state index contributed by atoms with van der Waals surface area (Å²) in [6.45, 7) is 0.706. The van der Waals surface area contributed by atoms with Crippen LogP contribution in [0.2, 0.25) is 0 Å². The molecule has 0 aliphatic rings. The fraction of sp³-hybridized carbons (Fsp3) is 0.174. The summed E-state index contributed by atoms with van der Waals surface area (Å²) in [6.07, 6.45) is 0. The molecule has 1 N–H and O–H groups in total. The van der Waals surface area contributed by atoms with E-state index >= 15 is 0 Å². The van der Waals surface area contributed by atoms with Gasteiger partial charge in [0.05, 0.1) is 40.3 Å². The number of nitro benzene ring substituents is 2. The van der Waals surface area contributed by atoms with Crippen LogP contribution in [0.5, 0.6) is 11.5 Å². The lowest BCUT2D eigenvalue weighted by Crippen LogP contribution is -2.38. The van der Waals surface area contributed by atoms with Crippen LogP contribution >= 0.6 is 0 Å². The topological polar surface area (TPSA) is 171 Å². The summed E-state index contributed by atoms with van der Waals surface area (Å²) < 4.78 is 38.2. The third kappa shape index (κ3) is 5.92. The van der Waals surface area contributed by atoms with Crippen LogP contribution in [0.4, 0.5) is 22.7 Å². The van der Waals surface area contributed by atoms with Gasteiger partial charge in [0.1, 0.15) is 18.0 Å². The van der Waals surface area contributed by atoms with Crippen molar-refractivity contribution in [2.75, 3.05) is 30.4 Å². The van der Waals surface area contributed by atoms with Gasteiger partial charge in [-0.25, -0.2) is 8.42 Å². The molecule has 0 spiro atoms. The van der Waals surface area contributed by atoms with Crippen molar-refractivity contribution >= 4 is 38.7 Å². The molecule has 3 rings (SSSR count). The van der Waals surface area contributed by atoms with E-state index in [0.29, 0.717) is 5.75 Å². The van der Waals surface area contributed by atoms with E-state index in [-0.39, 0.29) is 28.4 Å². The zero-order chi connectivity index (χ0) is 27.3. The molecule has 3 aromatic carbocycles. The van der Waals surface area contributed by atoms with Crippen molar-refractivity contribution in [1.29, 1.82) is 0 Å². The predicted molar refractivity (Wildman–Crippen MR) is 134 cm³/mol. The lowest BCUT2D eigenvalue weighted by atomic mass is 10.2. The zero-order valence-corrected chi connectivity index (χ0v) is 20.7. The molecular weight excluding hydrogens is 508 g/mol. The highest BCUT2D eigenvalue weighted by atomic mass is 32.2. The highest BCUT2D eigenvalue weighted by Crippen LogP contribution is 2.31. The first-order chi connectivity index (χ1) is 17.5. The Morgan fingerprint density at radius 2 is 1.62 bits per heavy atom. The number of carbonyl (C=O) groups is 1. The Bertz CT molecular complexity index is 1460. The molecule has 13 nitrogen and oxygen atoms in total. The number of carbonyl (C=O) groups excluding carboxylic acids is 1. The first-order valence-corrected chi connectivity index (χ1v) is 12.0. The molecule has 0 unspecified atom stereocenters. The molecule has 0 bridgehead atoms. The number of rotatable bonds is 10. The maximum atomic E-state index is 13.6.